The average molecular weight is 499 g/mol. The summed E-state index contributed by atoms with van der Waals surface area (Å²) in [6, 6.07) is 10.6. The Balaban J connectivity index is 1.46. The van der Waals surface area contributed by atoms with Crippen LogP contribution in [-0.2, 0) is 27.4 Å². The van der Waals surface area contributed by atoms with Crippen LogP contribution >= 0.6 is 11.3 Å². The number of fused-ring (bicyclic) bond motifs is 3. The maximum Gasteiger partial charge on any atom is 0.452 e. The first kappa shape index (κ1) is 22.1. The predicted molar refractivity (Wildman–Crippen MR) is 109 cm³/mol. The highest BCUT2D eigenvalue weighted by Gasteiger charge is 2.72. The van der Waals surface area contributed by atoms with Gasteiger partial charge in [-0.2, -0.15) is 17.9 Å². The van der Waals surface area contributed by atoms with Crippen molar-refractivity contribution in [1.29, 1.82) is 0 Å². The summed E-state index contributed by atoms with van der Waals surface area (Å²) in [5.41, 5.74) is 1.71. The van der Waals surface area contributed by atoms with E-state index in [1.807, 2.05) is 18.2 Å². The van der Waals surface area contributed by atoms with Gasteiger partial charge in [-0.25, -0.2) is 13.9 Å². The van der Waals surface area contributed by atoms with Crippen LogP contribution < -0.4 is 10.2 Å². The molecule has 33 heavy (non-hydrogen) atoms. The van der Waals surface area contributed by atoms with Crippen LogP contribution in [0.15, 0.2) is 51.2 Å². The van der Waals surface area contributed by atoms with Crippen LogP contribution in [-0.4, -0.2) is 30.2 Å². The lowest BCUT2D eigenvalue weighted by molar-refractivity contribution is -0.155. The maximum atomic E-state index is 13.2. The molecule has 1 fully saturated rings. The summed E-state index contributed by atoms with van der Waals surface area (Å²) in [5.74, 6) is -2.96. The number of hydroxylamine groups is 1. The second-order valence-electron chi connectivity index (χ2n) is 7.93. The topological polar surface area (TPSA) is 122 Å². The first-order valence-electron chi connectivity index (χ1n) is 9.78. The maximum absolute atomic E-state index is 13.2. The van der Waals surface area contributed by atoms with Crippen LogP contribution in [0.25, 0.3) is 10.6 Å². The van der Waals surface area contributed by atoms with E-state index < -0.39 is 39.3 Å². The number of aryl methyl sites for hydroxylation is 1. The number of sulfonamides is 1. The fourth-order valence-electron chi connectivity index (χ4n) is 4.68. The summed E-state index contributed by atoms with van der Waals surface area (Å²) in [4.78, 5) is 12.8. The lowest BCUT2D eigenvalue weighted by atomic mass is 9.92. The third kappa shape index (κ3) is 3.46. The Kier molecular flexibility index (Phi) is 4.94. The van der Waals surface area contributed by atoms with Gasteiger partial charge in [0.15, 0.2) is 0 Å². The zero-order chi connectivity index (χ0) is 23.6. The molecule has 3 unspecified atom stereocenters. The molecule has 1 amide bonds. The van der Waals surface area contributed by atoms with E-state index in [4.69, 9.17) is 0 Å². The number of aromatic nitrogens is 1. The van der Waals surface area contributed by atoms with E-state index in [2.05, 4.69) is 14.4 Å². The Labute approximate surface area is 189 Å². The smallest absolute Gasteiger partial charge is 0.351 e. The van der Waals surface area contributed by atoms with Crippen molar-refractivity contribution in [3.8, 4) is 10.6 Å². The average Bonchev–Trinajstić information content (AvgIpc) is 3.17. The molecule has 13 heteroatoms. The highest BCUT2D eigenvalue weighted by Crippen LogP contribution is 2.63. The van der Waals surface area contributed by atoms with Gasteiger partial charge in [0.05, 0.1) is 4.88 Å². The molecule has 0 saturated heterocycles. The Bertz CT molecular complexity index is 1350. The molecule has 1 aromatic carbocycles. The molecule has 3 aromatic rings. The Morgan fingerprint density at radius 1 is 1.24 bits per heavy atom. The van der Waals surface area contributed by atoms with Gasteiger partial charge in [0, 0.05) is 12.0 Å². The van der Waals surface area contributed by atoms with Gasteiger partial charge in [-0.05, 0) is 42.0 Å². The van der Waals surface area contributed by atoms with Crippen molar-refractivity contribution in [3.63, 3.8) is 0 Å². The number of carbonyl (C=O) groups excluding carboxylic acids is 1. The van der Waals surface area contributed by atoms with Crippen LogP contribution in [0.4, 0.5) is 13.2 Å². The number of alkyl halides is 3. The van der Waals surface area contributed by atoms with Crippen molar-refractivity contribution >= 4 is 27.3 Å². The summed E-state index contributed by atoms with van der Waals surface area (Å²) in [6.45, 7) is 0. The monoisotopic (exact) mass is 499 g/mol. The lowest BCUT2D eigenvalue weighted by Gasteiger charge is -2.17. The molecule has 0 radical (unpaired) electrons. The van der Waals surface area contributed by atoms with Gasteiger partial charge in [0.25, 0.3) is 15.9 Å². The normalized spacial score (nSPS) is 24.1. The van der Waals surface area contributed by atoms with Gasteiger partial charge in [-0.1, -0.05) is 29.4 Å². The Morgan fingerprint density at radius 3 is 2.70 bits per heavy atom. The minimum Gasteiger partial charge on any atom is -0.351 e. The molecule has 2 aliphatic rings. The van der Waals surface area contributed by atoms with Gasteiger partial charge in [0.1, 0.15) is 15.4 Å². The molecule has 0 spiro atoms. The first-order valence-corrected chi connectivity index (χ1v) is 12.1. The van der Waals surface area contributed by atoms with Crippen molar-refractivity contribution in [3.05, 3.63) is 59.4 Å². The van der Waals surface area contributed by atoms with Gasteiger partial charge < -0.3 is 4.52 Å². The minimum absolute atomic E-state index is 0.147. The molecular weight excluding hydrogens is 483 g/mol. The minimum atomic E-state index is -4.72. The number of hydrogen-bond donors (Lipinski definition) is 3. The highest BCUT2D eigenvalue weighted by molar-refractivity contribution is 7.91. The van der Waals surface area contributed by atoms with E-state index in [0.717, 1.165) is 11.1 Å². The molecule has 3 atom stereocenters. The zero-order valence-corrected chi connectivity index (χ0v) is 18.2. The van der Waals surface area contributed by atoms with Gasteiger partial charge in [-0.3, -0.25) is 10.0 Å². The molecule has 8 nitrogen and oxygen atoms in total. The predicted octanol–water partition coefficient (Wildman–Crippen LogP) is 3.30. The molecule has 0 bridgehead atoms. The second-order valence-corrected chi connectivity index (χ2v) is 10.9. The van der Waals surface area contributed by atoms with Crippen LogP contribution in [0.2, 0.25) is 0 Å². The number of amides is 1. The van der Waals surface area contributed by atoms with Crippen LogP contribution in [0.3, 0.4) is 0 Å². The van der Waals surface area contributed by atoms with Crippen molar-refractivity contribution in [2.45, 2.75) is 34.7 Å². The Morgan fingerprint density at radius 2 is 2.00 bits per heavy atom. The quantitative estimate of drug-likeness (QED) is 0.366. The van der Waals surface area contributed by atoms with E-state index >= 15 is 0 Å². The number of halogens is 3. The van der Waals surface area contributed by atoms with E-state index in [1.165, 1.54) is 12.1 Å². The van der Waals surface area contributed by atoms with Crippen molar-refractivity contribution in [2.75, 3.05) is 0 Å². The third-order valence-electron chi connectivity index (χ3n) is 6.15. The fourth-order valence-corrected chi connectivity index (χ4v) is 7.37. The third-order valence-corrected chi connectivity index (χ3v) is 9.24. The van der Waals surface area contributed by atoms with E-state index in [0.29, 0.717) is 30.2 Å². The molecule has 1 saturated carbocycles. The molecular formula is C20H16F3N3O5S2. The van der Waals surface area contributed by atoms with E-state index in [9.17, 15) is 31.6 Å². The number of hydrogen-bond acceptors (Lipinski definition) is 7. The Hall–Kier alpha value is -2.74. The first-order chi connectivity index (χ1) is 15.6. The summed E-state index contributed by atoms with van der Waals surface area (Å²) in [7, 11) is -4.26. The fraction of sp³-hybridized carbons (Fsp3) is 0.300. The number of carbonyl (C=O) groups is 1. The zero-order valence-electron chi connectivity index (χ0n) is 16.6. The molecule has 0 aliphatic heterocycles. The van der Waals surface area contributed by atoms with E-state index in [1.54, 1.807) is 11.5 Å². The van der Waals surface area contributed by atoms with Crippen LogP contribution in [0.5, 0.6) is 0 Å². The van der Waals surface area contributed by atoms with Gasteiger partial charge >= 0.3 is 6.18 Å². The molecule has 2 aliphatic carbocycles. The number of benzene rings is 1. The lowest BCUT2D eigenvalue weighted by Crippen LogP contribution is -2.50. The summed E-state index contributed by atoms with van der Waals surface area (Å²) < 4.78 is 71.2. The number of nitrogens with one attached hydrogen (secondary N) is 2. The number of rotatable bonds is 5. The van der Waals surface area contributed by atoms with Crippen molar-refractivity contribution in [2.24, 2.45) is 5.92 Å². The largest absolute Gasteiger partial charge is 0.452 e. The molecule has 2 heterocycles. The van der Waals surface area contributed by atoms with Crippen molar-refractivity contribution in [1.82, 2.24) is 15.4 Å². The summed E-state index contributed by atoms with van der Waals surface area (Å²) >= 11 is 0.689. The summed E-state index contributed by atoms with van der Waals surface area (Å²) in [5, 5.41) is 12.7. The van der Waals surface area contributed by atoms with Crippen molar-refractivity contribution < 1.29 is 36.1 Å². The number of nitrogens with zero attached hydrogens (tertiary/aromatic N) is 1. The SMILES string of the molecule is O=C(NO)C1(NS(=O)(=O)c2ccc(-c3cc(C(F)(F)F)on3)s2)C2CCc3ccccc3C21. The standard InChI is InChI=1S/C20H16F3N3O5S2/c21-20(22,23)15-9-13(25-31-15)14-7-8-16(32-14)33(29,30)26-19(18(27)24-28)12-6-5-10-3-1-2-4-11(10)17(12)19/h1-4,7-9,12,17,26,28H,5-6H2,(H,24,27). The molecule has 3 N–H and O–H groups in total. The highest BCUT2D eigenvalue weighted by atomic mass is 32.2. The van der Waals surface area contributed by atoms with E-state index in [-0.39, 0.29) is 20.7 Å². The van der Waals surface area contributed by atoms with Crippen LogP contribution in [0, 0.1) is 5.92 Å². The van der Waals surface area contributed by atoms with Gasteiger partial charge in [0.2, 0.25) is 5.76 Å². The summed E-state index contributed by atoms with van der Waals surface area (Å²) in [6.07, 6.45) is -3.51. The molecule has 5 rings (SSSR count). The molecule has 174 valence electrons. The molecule has 2 aromatic heterocycles. The van der Waals surface area contributed by atoms with Gasteiger partial charge in [-0.15, -0.1) is 11.3 Å². The number of thiophene rings is 1. The second kappa shape index (κ2) is 7.38. The van der Waals surface area contributed by atoms with Crippen LogP contribution in [0.1, 0.15) is 29.2 Å².